The van der Waals surface area contributed by atoms with Gasteiger partial charge >= 0.3 is 0 Å². The predicted octanol–water partition coefficient (Wildman–Crippen LogP) is 4.43. The van der Waals surface area contributed by atoms with Crippen LogP contribution in [0.4, 0.5) is 5.82 Å². The summed E-state index contributed by atoms with van der Waals surface area (Å²) in [6.45, 7) is 8.56. The van der Waals surface area contributed by atoms with Crippen LogP contribution in [0.2, 0.25) is 5.02 Å². The zero-order valence-corrected chi connectivity index (χ0v) is 21.9. The smallest absolute Gasteiger partial charge is 0.272 e. The molecule has 0 unspecified atom stereocenters. The number of hydrogen-bond donors (Lipinski definition) is 1. The summed E-state index contributed by atoms with van der Waals surface area (Å²) in [5.74, 6) is 1.33. The van der Waals surface area contributed by atoms with E-state index in [9.17, 15) is 4.79 Å². The molecule has 1 saturated carbocycles. The molecule has 2 heterocycles. The van der Waals surface area contributed by atoms with Gasteiger partial charge in [0.25, 0.3) is 5.91 Å². The van der Waals surface area contributed by atoms with E-state index in [1.54, 1.807) is 24.3 Å². The van der Waals surface area contributed by atoms with E-state index < -0.39 is 0 Å². The summed E-state index contributed by atoms with van der Waals surface area (Å²) in [7, 11) is 0. The lowest BCUT2D eigenvalue weighted by Crippen LogP contribution is -2.53. The number of amides is 1. The van der Waals surface area contributed by atoms with Gasteiger partial charge in [-0.2, -0.15) is 5.26 Å². The number of piperazine rings is 1. The highest BCUT2D eigenvalue weighted by Gasteiger charge is 2.28. The molecule has 2 aliphatic rings. The van der Waals surface area contributed by atoms with Crippen molar-refractivity contribution in [3.8, 4) is 11.8 Å². The Bertz CT molecular complexity index is 1060. The summed E-state index contributed by atoms with van der Waals surface area (Å²) in [6, 6.07) is 11.4. The van der Waals surface area contributed by atoms with E-state index in [0.29, 0.717) is 28.1 Å². The van der Waals surface area contributed by atoms with Crippen molar-refractivity contribution in [3.63, 3.8) is 0 Å². The van der Waals surface area contributed by atoms with Crippen molar-refractivity contribution in [2.24, 2.45) is 0 Å². The van der Waals surface area contributed by atoms with Crippen LogP contribution in [0, 0.1) is 11.3 Å². The number of nitrogens with one attached hydrogen (secondary N) is 1. The van der Waals surface area contributed by atoms with E-state index in [2.05, 4.69) is 45.2 Å². The molecule has 4 rings (SSSR count). The molecule has 2 aromatic rings. The monoisotopic (exact) mass is 510 g/mol. The van der Waals surface area contributed by atoms with Gasteiger partial charge in [-0.1, -0.05) is 25.4 Å². The Morgan fingerprint density at radius 2 is 1.97 bits per heavy atom. The van der Waals surface area contributed by atoms with Gasteiger partial charge in [-0.25, -0.2) is 0 Å². The van der Waals surface area contributed by atoms with Crippen molar-refractivity contribution in [3.05, 3.63) is 46.6 Å². The molecule has 1 saturated heterocycles. The van der Waals surface area contributed by atoms with Crippen molar-refractivity contribution in [2.75, 3.05) is 31.1 Å². The molecular formula is C27H35ClN6O2. The second-order valence-electron chi connectivity index (χ2n) is 9.65. The number of benzene rings is 1. The molecule has 1 atom stereocenters. The van der Waals surface area contributed by atoms with Crippen molar-refractivity contribution in [2.45, 2.75) is 70.6 Å². The van der Waals surface area contributed by atoms with E-state index >= 15 is 0 Å². The number of rotatable bonds is 8. The predicted molar refractivity (Wildman–Crippen MR) is 140 cm³/mol. The van der Waals surface area contributed by atoms with Gasteiger partial charge in [0.1, 0.15) is 11.8 Å². The van der Waals surface area contributed by atoms with Gasteiger partial charge in [-0.3, -0.25) is 9.69 Å². The van der Waals surface area contributed by atoms with E-state index in [4.69, 9.17) is 21.6 Å². The molecule has 1 N–H and O–H groups in total. The van der Waals surface area contributed by atoms with Gasteiger partial charge in [-0.05, 0) is 69.3 Å². The topological polar surface area (TPSA) is 94.4 Å². The number of ether oxygens (including phenoxy) is 1. The standard InChI is InChI=1S/C27H35ClN6O2/c1-3-13-33-14-15-34(21(4-2)18-33)26-12-11-25(31-32-26)27(35)30-20-6-9-22(10-7-20)36-23-8-5-19(17-29)24(28)16-23/h5,8,11-12,16,20-22H,3-4,6-7,9-10,13-15,18H2,1-2H3,(H,30,35)/t20?,21-,22?/m0/s1. The number of nitriles is 1. The molecular weight excluding hydrogens is 476 g/mol. The Hall–Kier alpha value is -2.89. The third-order valence-electron chi connectivity index (χ3n) is 7.13. The summed E-state index contributed by atoms with van der Waals surface area (Å²) in [6.07, 6.45) is 5.59. The van der Waals surface area contributed by atoms with Crippen molar-refractivity contribution in [1.82, 2.24) is 20.4 Å². The Morgan fingerprint density at radius 3 is 2.61 bits per heavy atom. The maximum atomic E-state index is 12.8. The number of nitrogens with zero attached hydrogens (tertiary/aromatic N) is 5. The Labute approximate surface area is 218 Å². The van der Waals surface area contributed by atoms with Gasteiger partial charge in [-0.15, -0.1) is 10.2 Å². The molecule has 1 aromatic carbocycles. The van der Waals surface area contributed by atoms with Gasteiger partial charge in [0.15, 0.2) is 11.5 Å². The quantitative estimate of drug-likeness (QED) is 0.561. The number of carbonyl (C=O) groups excluding carboxylic acids is 1. The van der Waals surface area contributed by atoms with Crippen LogP contribution >= 0.6 is 11.6 Å². The molecule has 192 valence electrons. The fraction of sp³-hybridized carbons (Fsp3) is 0.556. The Balaban J connectivity index is 1.26. The van der Waals surface area contributed by atoms with E-state index in [1.165, 1.54) is 6.42 Å². The highest BCUT2D eigenvalue weighted by molar-refractivity contribution is 6.31. The van der Waals surface area contributed by atoms with Crippen molar-refractivity contribution >= 4 is 23.3 Å². The number of hydrogen-bond acceptors (Lipinski definition) is 7. The highest BCUT2D eigenvalue weighted by atomic mass is 35.5. The SMILES string of the molecule is CCCN1CCN(c2ccc(C(=O)NC3CCC(Oc4ccc(C#N)c(Cl)c4)CC3)nn2)[C@@H](CC)C1. The van der Waals surface area contributed by atoms with Crippen molar-refractivity contribution < 1.29 is 9.53 Å². The van der Waals surface area contributed by atoms with Crippen LogP contribution < -0.4 is 15.0 Å². The molecule has 1 aliphatic heterocycles. The van der Waals surface area contributed by atoms with E-state index in [0.717, 1.165) is 64.1 Å². The average molecular weight is 511 g/mol. The fourth-order valence-corrected chi connectivity index (χ4v) is 5.34. The minimum absolute atomic E-state index is 0.0607. The van der Waals surface area contributed by atoms with E-state index in [1.807, 2.05) is 6.07 Å². The summed E-state index contributed by atoms with van der Waals surface area (Å²) in [4.78, 5) is 17.6. The van der Waals surface area contributed by atoms with Gasteiger partial charge < -0.3 is 15.0 Å². The second kappa shape index (κ2) is 12.4. The maximum absolute atomic E-state index is 12.8. The summed E-state index contributed by atoms with van der Waals surface area (Å²) < 4.78 is 6.05. The normalized spacial score (nSPS) is 22.6. The molecule has 0 bridgehead atoms. The zero-order valence-electron chi connectivity index (χ0n) is 21.1. The number of carbonyl (C=O) groups is 1. The highest BCUT2D eigenvalue weighted by Crippen LogP contribution is 2.27. The van der Waals surface area contributed by atoms with Crippen molar-refractivity contribution in [1.29, 1.82) is 5.26 Å². The second-order valence-corrected chi connectivity index (χ2v) is 10.1. The first kappa shape index (κ1) is 26.2. The zero-order chi connectivity index (χ0) is 25.5. The molecule has 1 aliphatic carbocycles. The Kier molecular flexibility index (Phi) is 9.00. The summed E-state index contributed by atoms with van der Waals surface area (Å²) in [5.41, 5.74) is 0.785. The van der Waals surface area contributed by atoms with Crippen LogP contribution in [0.5, 0.6) is 5.75 Å². The van der Waals surface area contributed by atoms with Gasteiger partial charge in [0.05, 0.1) is 16.7 Å². The third-order valence-corrected chi connectivity index (χ3v) is 7.44. The molecule has 8 nitrogen and oxygen atoms in total. The molecule has 2 fully saturated rings. The van der Waals surface area contributed by atoms with Crippen LogP contribution in [0.3, 0.4) is 0 Å². The largest absolute Gasteiger partial charge is 0.490 e. The third kappa shape index (κ3) is 6.45. The minimum atomic E-state index is -0.183. The molecule has 36 heavy (non-hydrogen) atoms. The van der Waals surface area contributed by atoms with Crippen LogP contribution in [0.25, 0.3) is 0 Å². The van der Waals surface area contributed by atoms with Gasteiger partial charge in [0.2, 0.25) is 0 Å². The number of anilines is 1. The first-order chi connectivity index (χ1) is 17.5. The molecule has 1 amide bonds. The number of halogens is 1. The first-order valence-corrected chi connectivity index (χ1v) is 13.4. The molecule has 9 heteroatoms. The lowest BCUT2D eigenvalue weighted by atomic mass is 9.93. The van der Waals surface area contributed by atoms with Crippen LogP contribution in [0.15, 0.2) is 30.3 Å². The number of aromatic nitrogens is 2. The summed E-state index contributed by atoms with van der Waals surface area (Å²) in [5, 5.41) is 21.2. The lowest BCUT2D eigenvalue weighted by Gasteiger charge is -2.41. The van der Waals surface area contributed by atoms with Crippen LogP contribution in [-0.4, -0.2) is 65.4 Å². The minimum Gasteiger partial charge on any atom is -0.490 e. The Morgan fingerprint density at radius 1 is 1.17 bits per heavy atom. The van der Waals surface area contributed by atoms with Crippen LogP contribution in [0.1, 0.15) is 68.4 Å². The van der Waals surface area contributed by atoms with Crippen LogP contribution in [-0.2, 0) is 0 Å². The lowest BCUT2D eigenvalue weighted by molar-refractivity contribution is 0.0888. The molecule has 0 radical (unpaired) electrons. The van der Waals surface area contributed by atoms with E-state index in [-0.39, 0.29) is 18.1 Å². The first-order valence-electron chi connectivity index (χ1n) is 13.0. The fourth-order valence-electron chi connectivity index (χ4n) is 5.13. The van der Waals surface area contributed by atoms with Gasteiger partial charge in [0, 0.05) is 37.8 Å². The maximum Gasteiger partial charge on any atom is 0.272 e. The summed E-state index contributed by atoms with van der Waals surface area (Å²) >= 11 is 6.11. The molecule has 1 aromatic heterocycles. The molecule has 0 spiro atoms. The average Bonchev–Trinajstić information content (AvgIpc) is 2.90.